The molecule has 0 bridgehead atoms. The third-order valence-electron chi connectivity index (χ3n) is 2.74. The maximum atomic E-state index is 11.2. The van der Waals surface area contributed by atoms with Gasteiger partial charge in [-0.05, 0) is 37.3 Å². The first-order valence-electron chi connectivity index (χ1n) is 5.26. The van der Waals surface area contributed by atoms with Crippen LogP contribution in [0.1, 0.15) is 19.3 Å². The van der Waals surface area contributed by atoms with Crippen molar-refractivity contribution >= 4 is 17.7 Å². The van der Waals surface area contributed by atoms with Gasteiger partial charge in [0.15, 0.2) is 0 Å². The molecule has 5 heteroatoms. The summed E-state index contributed by atoms with van der Waals surface area (Å²) < 4.78 is 4.93. The molecule has 1 heterocycles. The second kappa shape index (κ2) is 6.35. The zero-order chi connectivity index (χ0) is 11.1. The van der Waals surface area contributed by atoms with Crippen LogP contribution in [0.5, 0.6) is 0 Å². The van der Waals surface area contributed by atoms with E-state index in [2.05, 4.69) is 5.32 Å². The van der Waals surface area contributed by atoms with E-state index in [-0.39, 0.29) is 0 Å². The number of carboxylic acids is 1. The Morgan fingerprint density at radius 3 is 2.73 bits per heavy atom. The Morgan fingerprint density at radius 1 is 1.53 bits per heavy atom. The van der Waals surface area contributed by atoms with Crippen molar-refractivity contribution in [2.24, 2.45) is 0 Å². The molecule has 0 aromatic rings. The molecule has 0 saturated carbocycles. The van der Waals surface area contributed by atoms with E-state index in [1.807, 2.05) is 11.8 Å². The Morgan fingerprint density at radius 2 is 2.20 bits per heavy atom. The Labute approximate surface area is 94.8 Å². The van der Waals surface area contributed by atoms with Gasteiger partial charge in [0.05, 0.1) is 0 Å². The molecule has 0 unspecified atom stereocenters. The molecule has 0 aromatic carbocycles. The van der Waals surface area contributed by atoms with Crippen molar-refractivity contribution < 1.29 is 14.6 Å². The summed E-state index contributed by atoms with van der Waals surface area (Å²) in [4.78, 5) is 11.2. The third kappa shape index (κ3) is 3.66. The Kier molecular flexibility index (Phi) is 5.42. The molecule has 1 aliphatic heterocycles. The van der Waals surface area contributed by atoms with Gasteiger partial charge in [-0.25, -0.2) is 0 Å². The molecule has 1 aliphatic rings. The van der Waals surface area contributed by atoms with Crippen LogP contribution < -0.4 is 5.32 Å². The normalized spacial score (nSPS) is 20.1. The minimum atomic E-state index is -0.708. The first kappa shape index (κ1) is 12.8. The number of rotatable bonds is 6. The van der Waals surface area contributed by atoms with Gasteiger partial charge >= 0.3 is 5.97 Å². The summed E-state index contributed by atoms with van der Waals surface area (Å²) in [5.74, 6) is 1.16. The summed E-state index contributed by atoms with van der Waals surface area (Å²) in [6, 6.07) is 0. The standard InChI is InChI=1S/C10H19NO3S/c1-14-6-2-5-11-10(9(12)13)3-7-15-8-4-10/h11H,2-8H2,1H3,(H,12,13). The van der Waals surface area contributed by atoms with Crippen molar-refractivity contribution in [1.82, 2.24) is 5.32 Å². The molecule has 0 spiro atoms. The summed E-state index contributed by atoms with van der Waals surface area (Å²) in [6.45, 7) is 1.39. The minimum Gasteiger partial charge on any atom is -0.480 e. The quantitative estimate of drug-likeness (QED) is 0.669. The van der Waals surface area contributed by atoms with Crippen LogP contribution in [0.15, 0.2) is 0 Å². The van der Waals surface area contributed by atoms with E-state index in [0.29, 0.717) is 13.2 Å². The van der Waals surface area contributed by atoms with Crippen LogP contribution in [0.3, 0.4) is 0 Å². The lowest BCUT2D eigenvalue weighted by Gasteiger charge is -2.33. The van der Waals surface area contributed by atoms with Gasteiger partial charge in [0.1, 0.15) is 5.54 Å². The summed E-state index contributed by atoms with van der Waals surface area (Å²) in [5.41, 5.74) is -0.682. The van der Waals surface area contributed by atoms with Crippen molar-refractivity contribution in [3.8, 4) is 0 Å². The summed E-state index contributed by atoms with van der Waals surface area (Å²) >= 11 is 1.83. The molecule has 0 aliphatic carbocycles. The van der Waals surface area contributed by atoms with Gasteiger partial charge in [-0.1, -0.05) is 0 Å². The fourth-order valence-corrected chi connectivity index (χ4v) is 2.92. The molecule has 88 valence electrons. The number of carboxylic acid groups (broad SMARTS) is 1. The van der Waals surface area contributed by atoms with E-state index in [1.165, 1.54) is 0 Å². The molecular weight excluding hydrogens is 214 g/mol. The molecule has 15 heavy (non-hydrogen) atoms. The van der Waals surface area contributed by atoms with E-state index in [1.54, 1.807) is 7.11 Å². The van der Waals surface area contributed by atoms with Crippen LogP contribution in [0.4, 0.5) is 0 Å². The highest BCUT2D eigenvalue weighted by Gasteiger charge is 2.38. The average molecular weight is 233 g/mol. The lowest BCUT2D eigenvalue weighted by atomic mass is 9.92. The van der Waals surface area contributed by atoms with E-state index in [9.17, 15) is 9.90 Å². The fraction of sp³-hybridized carbons (Fsp3) is 0.900. The van der Waals surface area contributed by atoms with Gasteiger partial charge in [-0.3, -0.25) is 4.79 Å². The molecule has 0 atom stereocenters. The van der Waals surface area contributed by atoms with Crippen LogP contribution in [0, 0.1) is 0 Å². The Hall–Kier alpha value is -0.260. The minimum absolute atomic E-state index is 0.678. The number of hydrogen-bond acceptors (Lipinski definition) is 4. The summed E-state index contributed by atoms with van der Waals surface area (Å²) in [5, 5.41) is 12.4. The van der Waals surface area contributed by atoms with E-state index in [4.69, 9.17) is 4.74 Å². The third-order valence-corrected chi connectivity index (χ3v) is 3.73. The zero-order valence-electron chi connectivity index (χ0n) is 9.12. The van der Waals surface area contributed by atoms with E-state index < -0.39 is 11.5 Å². The monoisotopic (exact) mass is 233 g/mol. The van der Waals surface area contributed by atoms with Crippen molar-refractivity contribution in [2.45, 2.75) is 24.8 Å². The number of nitrogens with one attached hydrogen (secondary N) is 1. The predicted octanol–water partition coefficient (Wildman–Crippen LogP) is 0.963. The highest BCUT2D eigenvalue weighted by atomic mass is 32.2. The van der Waals surface area contributed by atoms with Crippen LogP contribution in [0.2, 0.25) is 0 Å². The SMILES string of the molecule is COCCCNC1(C(=O)O)CCSCC1. The predicted molar refractivity (Wildman–Crippen MR) is 61.4 cm³/mol. The Bertz CT molecular complexity index is 205. The van der Waals surface area contributed by atoms with Crippen molar-refractivity contribution in [3.63, 3.8) is 0 Å². The van der Waals surface area contributed by atoms with Crippen molar-refractivity contribution in [1.29, 1.82) is 0 Å². The van der Waals surface area contributed by atoms with E-state index in [0.717, 1.165) is 30.8 Å². The molecule has 1 rings (SSSR count). The fourth-order valence-electron chi connectivity index (χ4n) is 1.73. The zero-order valence-corrected chi connectivity index (χ0v) is 9.94. The van der Waals surface area contributed by atoms with Gasteiger partial charge < -0.3 is 15.2 Å². The van der Waals surface area contributed by atoms with Gasteiger partial charge in [0, 0.05) is 13.7 Å². The maximum Gasteiger partial charge on any atom is 0.323 e. The smallest absolute Gasteiger partial charge is 0.323 e. The Balaban J connectivity index is 2.39. The lowest BCUT2D eigenvalue weighted by Crippen LogP contribution is -2.54. The molecule has 1 fully saturated rings. The highest BCUT2D eigenvalue weighted by Crippen LogP contribution is 2.27. The molecule has 0 radical (unpaired) electrons. The number of aliphatic carboxylic acids is 1. The maximum absolute atomic E-state index is 11.2. The molecule has 0 aromatic heterocycles. The first-order valence-corrected chi connectivity index (χ1v) is 6.42. The number of thioether (sulfide) groups is 1. The second-order valence-electron chi connectivity index (χ2n) is 3.77. The number of carbonyl (C=O) groups is 1. The van der Waals surface area contributed by atoms with Gasteiger partial charge in [0.25, 0.3) is 0 Å². The van der Waals surface area contributed by atoms with Crippen LogP contribution in [-0.2, 0) is 9.53 Å². The summed E-state index contributed by atoms with van der Waals surface area (Å²) in [7, 11) is 1.66. The first-order chi connectivity index (χ1) is 7.21. The van der Waals surface area contributed by atoms with Crippen molar-refractivity contribution in [3.05, 3.63) is 0 Å². The number of hydrogen-bond donors (Lipinski definition) is 2. The van der Waals surface area contributed by atoms with Crippen LogP contribution in [-0.4, -0.2) is 48.4 Å². The molecule has 2 N–H and O–H groups in total. The van der Waals surface area contributed by atoms with Crippen LogP contribution in [0.25, 0.3) is 0 Å². The molecule has 1 saturated heterocycles. The number of ether oxygens (including phenoxy) is 1. The topological polar surface area (TPSA) is 58.6 Å². The van der Waals surface area contributed by atoms with Gasteiger partial charge in [-0.2, -0.15) is 11.8 Å². The molecular formula is C10H19NO3S. The largest absolute Gasteiger partial charge is 0.480 e. The molecule has 4 nitrogen and oxygen atoms in total. The lowest BCUT2D eigenvalue weighted by molar-refractivity contribution is -0.145. The summed E-state index contributed by atoms with van der Waals surface area (Å²) in [6.07, 6.45) is 2.30. The van der Waals surface area contributed by atoms with Gasteiger partial charge in [0.2, 0.25) is 0 Å². The molecule has 0 amide bonds. The average Bonchev–Trinajstić information content (AvgIpc) is 2.26. The van der Waals surface area contributed by atoms with Crippen molar-refractivity contribution in [2.75, 3.05) is 31.8 Å². The number of methoxy groups -OCH3 is 1. The second-order valence-corrected chi connectivity index (χ2v) is 5.00. The highest BCUT2D eigenvalue weighted by molar-refractivity contribution is 7.99. The van der Waals surface area contributed by atoms with Crippen LogP contribution >= 0.6 is 11.8 Å². The van der Waals surface area contributed by atoms with Gasteiger partial charge in [-0.15, -0.1) is 0 Å². The van der Waals surface area contributed by atoms with E-state index >= 15 is 0 Å².